The lowest BCUT2D eigenvalue weighted by Crippen LogP contribution is -2.02. The summed E-state index contributed by atoms with van der Waals surface area (Å²) in [6, 6.07) is 7.37. The van der Waals surface area contributed by atoms with Gasteiger partial charge in [-0.2, -0.15) is 20.2 Å². The molecule has 0 radical (unpaired) electrons. The Morgan fingerprint density at radius 1 is 1.37 bits per heavy atom. The van der Waals surface area contributed by atoms with E-state index in [4.69, 9.17) is 21.6 Å². The van der Waals surface area contributed by atoms with Crippen molar-refractivity contribution in [2.45, 2.75) is 0 Å². The van der Waals surface area contributed by atoms with Crippen LogP contribution in [0.1, 0.15) is 5.56 Å². The molecule has 2 aromatic rings. The van der Waals surface area contributed by atoms with Gasteiger partial charge < -0.3 is 10.1 Å². The molecule has 1 aromatic carbocycles. The van der Waals surface area contributed by atoms with Gasteiger partial charge in [-0.15, -0.1) is 0 Å². The molecule has 0 amide bonds. The molecule has 1 aromatic heterocycles. The molecule has 1 heterocycles. The lowest BCUT2D eigenvalue weighted by Gasteiger charge is -2.07. The van der Waals surface area contributed by atoms with Gasteiger partial charge in [0.25, 0.3) is 0 Å². The van der Waals surface area contributed by atoms with Gasteiger partial charge in [0, 0.05) is 4.47 Å². The van der Waals surface area contributed by atoms with Crippen molar-refractivity contribution >= 4 is 39.2 Å². The molecular weight excluding hydrogens is 334 g/mol. The van der Waals surface area contributed by atoms with Crippen molar-refractivity contribution in [2.75, 3.05) is 12.4 Å². The third-order valence-corrected chi connectivity index (χ3v) is 2.78. The number of aromatic nitrogens is 3. The predicted molar refractivity (Wildman–Crippen MR) is 73.5 cm³/mol. The molecule has 0 bridgehead atoms. The third-order valence-electron chi connectivity index (χ3n) is 2.12. The highest BCUT2D eigenvalue weighted by atomic mass is 79.9. The number of hydrogen-bond donors (Lipinski definition) is 1. The van der Waals surface area contributed by atoms with Crippen molar-refractivity contribution in [2.24, 2.45) is 0 Å². The van der Waals surface area contributed by atoms with Crippen molar-refractivity contribution in [3.8, 4) is 12.1 Å². The van der Waals surface area contributed by atoms with Crippen LogP contribution in [-0.4, -0.2) is 22.1 Å². The van der Waals surface area contributed by atoms with Gasteiger partial charge in [0.15, 0.2) is 0 Å². The van der Waals surface area contributed by atoms with Gasteiger partial charge in [-0.25, -0.2) is 0 Å². The molecule has 1 N–H and O–H groups in total. The van der Waals surface area contributed by atoms with E-state index in [1.807, 2.05) is 0 Å². The summed E-state index contributed by atoms with van der Waals surface area (Å²) in [5, 5.41) is 12.0. The molecule has 0 saturated carbocycles. The van der Waals surface area contributed by atoms with Crippen LogP contribution in [0.25, 0.3) is 0 Å². The van der Waals surface area contributed by atoms with E-state index in [-0.39, 0.29) is 17.2 Å². The fraction of sp³-hybridized carbons (Fsp3) is 0.0909. The van der Waals surface area contributed by atoms with Crippen LogP contribution in [0.15, 0.2) is 22.7 Å². The third kappa shape index (κ3) is 3.30. The Morgan fingerprint density at radius 3 is 2.84 bits per heavy atom. The van der Waals surface area contributed by atoms with E-state index >= 15 is 0 Å². The Morgan fingerprint density at radius 2 is 2.16 bits per heavy atom. The molecule has 0 saturated heterocycles. The van der Waals surface area contributed by atoms with Crippen molar-refractivity contribution in [3.63, 3.8) is 0 Å². The topological polar surface area (TPSA) is 83.7 Å². The highest BCUT2D eigenvalue weighted by Crippen LogP contribution is 2.23. The van der Waals surface area contributed by atoms with Crippen molar-refractivity contribution in [1.82, 2.24) is 15.0 Å². The molecule has 8 heteroatoms. The van der Waals surface area contributed by atoms with Crippen LogP contribution in [0.5, 0.6) is 6.01 Å². The monoisotopic (exact) mass is 339 g/mol. The number of nitrogens with zero attached hydrogens (tertiary/aromatic N) is 4. The average Bonchev–Trinajstić information content (AvgIpc) is 2.40. The second-order valence-electron chi connectivity index (χ2n) is 3.34. The summed E-state index contributed by atoms with van der Waals surface area (Å²) in [5.74, 6) is 0.204. The van der Waals surface area contributed by atoms with Crippen LogP contribution < -0.4 is 10.1 Å². The van der Waals surface area contributed by atoms with Gasteiger partial charge in [0.1, 0.15) is 6.07 Å². The highest BCUT2D eigenvalue weighted by molar-refractivity contribution is 9.10. The van der Waals surface area contributed by atoms with E-state index in [0.29, 0.717) is 11.3 Å². The zero-order valence-electron chi connectivity index (χ0n) is 9.69. The summed E-state index contributed by atoms with van der Waals surface area (Å²) < 4.78 is 5.70. The fourth-order valence-electron chi connectivity index (χ4n) is 1.32. The number of anilines is 2. The second kappa shape index (κ2) is 5.82. The van der Waals surface area contributed by atoms with Gasteiger partial charge in [-0.1, -0.05) is 15.9 Å². The first-order chi connectivity index (χ1) is 9.12. The lowest BCUT2D eigenvalue weighted by atomic mass is 10.2. The smallest absolute Gasteiger partial charge is 0.322 e. The van der Waals surface area contributed by atoms with Gasteiger partial charge >= 0.3 is 6.01 Å². The maximum absolute atomic E-state index is 9.06. The number of nitriles is 1. The summed E-state index contributed by atoms with van der Waals surface area (Å²) >= 11 is 9.03. The van der Waals surface area contributed by atoms with E-state index in [9.17, 15) is 0 Å². The minimum absolute atomic E-state index is 0.00460. The SMILES string of the molecule is COc1nc(Cl)nc(Nc2ccc(Br)cc2C#N)n1. The summed E-state index contributed by atoms with van der Waals surface area (Å²) in [6.45, 7) is 0. The lowest BCUT2D eigenvalue weighted by molar-refractivity contribution is 0.379. The van der Waals surface area contributed by atoms with Gasteiger partial charge in [-0.05, 0) is 29.8 Å². The molecule has 0 spiro atoms. The zero-order chi connectivity index (χ0) is 13.8. The van der Waals surface area contributed by atoms with Crippen LogP contribution >= 0.6 is 27.5 Å². The molecule has 6 nitrogen and oxygen atoms in total. The molecule has 2 rings (SSSR count). The van der Waals surface area contributed by atoms with Crippen LogP contribution in [0, 0.1) is 11.3 Å². The van der Waals surface area contributed by atoms with E-state index < -0.39 is 0 Å². The van der Waals surface area contributed by atoms with E-state index in [0.717, 1.165) is 4.47 Å². The predicted octanol–water partition coefficient (Wildman–Crippen LogP) is 2.91. The van der Waals surface area contributed by atoms with E-state index in [1.165, 1.54) is 7.11 Å². The summed E-state index contributed by atoms with van der Waals surface area (Å²) in [4.78, 5) is 11.6. The zero-order valence-corrected chi connectivity index (χ0v) is 12.0. The first-order valence-electron chi connectivity index (χ1n) is 5.04. The average molecular weight is 341 g/mol. The van der Waals surface area contributed by atoms with Gasteiger partial charge in [0.2, 0.25) is 11.2 Å². The number of methoxy groups -OCH3 is 1. The molecule has 19 heavy (non-hydrogen) atoms. The number of halogens is 2. The molecule has 0 aliphatic carbocycles. The standard InChI is InChI=1S/C11H7BrClN5O/c1-19-11-17-9(13)16-10(18-11)15-8-3-2-7(12)4-6(8)5-14/h2-4H,1H3,(H,15,16,17,18). The van der Waals surface area contributed by atoms with Gasteiger partial charge in [0.05, 0.1) is 18.4 Å². The first-order valence-corrected chi connectivity index (χ1v) is 6.21. The molecule has 96 valence electrons. The number of hydrogen-bond acceptors (Lipinski definition) is 6. The number of ether oxygens (including phenoxy) is 1. The largest absolute Gasteiger partial charge is 0.467 e. The summed E-state index contributed by atoms with van der Waals surface area (Å²) in [6.07, 6.45) is 0. The van der Waals surface area contributed by atoms with Crippen LogP contribution in [-0.2, 0) is 0 Å². The normalized spacial score (nSPS) is 9.79. The second-order valence-corrected chi connectivity index (χ2v) is 4.60. The molecule has 0 atom stereocenters. The Labute approximate surface area is 122 Å². The Bertz CT molecular complexity index is 658. The fourth-order valence-corrected chi connectivity index (χ4v) is 1.83. The Hall–Kier alpha value is -1.91. The van der Waals surface area contributed by atoms with Crippen LogP contribution in [0.2, 0.25) is 5.28 Å². The minimum atomic E-state index is 0.00460. The number of benzene rings is 1. The van der Waals surface area contributed by atoms with Crippen LogP contribution in [0.4, 0.5) is 11.6 Å². The van der Waals surface area contributed by atoms with Gasteiger partial charge in [-0.3, -0.25) is 0 Å². The molecule has 0 aliphatic rings. The molecule has 0 unspecified atom stereocenters. The maximum atomic E-state index is 9.06. The molecule has 0 aliphatic heterocycles. The summed E-state index contributed by atoms with van der Waals surface area (Å²) in [5.41, 5.74) is 1.01. The molecule has 0 fully saturated rings. The minimum Gasteiger partial charge on any atom is -0.467 e. The number of nitrogens with one attached hydrogen (secondary N) is 1. The maximum Gasteiger partial charge on any atom is 0.322 e. The Kier molecular flexibility index (Phi) is 4.14. The quantitative estimate of drug-likeness (QED) is 0.925. The van der Waals surface area contributed by atoms with Crippen molar-refractivity contribution < 1.29 is 4.74 Å². The molecular formula is C11H7BrClN5O. The number of rotatable bonds is 3. The summed E-state index contributed by atoms with van der Waals surface area (Å²) in [7, 11) is 1.43. The Balaban J connectivity index is 2.36. The highest BCUT2D eigenvalue weighted by Gasteiger charge is 2.08. The first kappa shape index (κ1) is 13.5. The van der Waals surface area contributed by atoms with Crippen LogP contribution in [0.3, 0.4) is 0 Å². The van der Waals surface area contributed by atoms with Crippen molar-refractivity contribution in [1.29, 1.82) is 5.26 Å². The van der Waals surface area contributed by atoms with E-state index in [1.54, 1.807) is 18.2 Å². The van der Waals surface area contributed by atoms with E-state index in [2.05, 4.69) is 42.3 Å². The van der Waals surface area contributed by atoms with Crippen molar-refractivity contribution in [3.05, 3.63) is 33.5 Å².